The maximum atomic E-state index is 4.95. The summed E-state index contributed by atoms with van der Waals surface area (Å²) in [6.07, 6.45) is 18.8. The van der Waals surface area contributed by atoms with Crippen LogP contribution in [0.5, 0.6) is 0 Å². The van der Waals surface area contributed by atoms with E-state index in [0.717, 1.165) is 18.5 Å². The third kappa shape index (κ3) is 7.27. The summed E-state index contributed by atoms with van der Waals surface area (Å²) in [5.74, 6) is 0. The van der Waals surface area contributed by atoms with Gasteiger partial charge in [-0.3, -0.25) is 4.98 Å². The minimum Gasteiger partial charge on any atom is -0.384 e. The molecule has 0 amide bonds. The Labute approximate surface area is 184 Å². The first kappa shape index (κ1) is 23.1. The smallest absolute Gasteiger partial charge is 0.0726 e. The molecule has 0 fully saturated rings. The van der Waals surface area contributed by atoms with E-state index in [2.05, 4.69) is 48.6 Å². The Hall–Kier alpha value is -1.61. The molecule has 1 aromatic heterocycles. The summed E-state index contributed by atoms with van der Waals surface area (Å²) in [6.45, 7) is 2.33. The first-order valence-corrected chi connectivity index (χ1v) is 12.5. The minimum atomic E-state index is 1.09. The number of nitrogens with one attached hydrogen (secondary N) is 1. The van der Waals surface area contributed by atoms with Crippen molar-refractivity contribution < 1.29 is 0 Å². The van der Waals surface area contributed by atoms with Crippen molar-refractivity contribution in [2.75, 3.05) is 32.5 Å². The van der Waals surface area contributed by atoms with Crippen LogP contribution in [0, 0.1) is 0 Å². The van der Waals surface area contributed by atoms with E-state index in [1.807, 2.05) is 0 Å². The molecule has 1 aromatic carbocycles. The SMILES string of the molecule is CN(C)CCCCCCCCCCCCNc1c2c(nc3ccccc13)CCCC2. The number of pyridine rings is 1. The van der Waals surface area contributed by atoms with Crippen LogP contribution in [0.4, 0.5) is 5.69 Å². The Kier molecular flexibility index (Phi) is 9.95. The highest BCUT2D eigenvalue weighted by atomic mass is 15.0. The molecule has 0 radical (unpaired) electrons. The number of fused-ring (bicyclic) bond motifs is 2. The molecule has 0 saturated carbocycles. The van der Waals surface area contributed by atoms with Gasteiger partial charge in [0.1, 0.15) is 0 Å². The monoisotopic (exact) mass is 409 g/mol. The van der Waals surface area contributed by atoms with Gasteiger partial charge in [0.2, 0.25) is 0 Å². The Bertz CT molecular complexity index is 753. The number of benzene rings is 1. The van der Waals surface area contributed by atoms with Crippen LogP contribution < -0.4 is 5.32 Å². The average Bonchev–Trinajstić information content (AvgIpc) is 2.76. The number of aryl methyl sites for hydroxylation is 1. The van der Waals surface area contributed by atoms with Crippen molar-refractivity contribution in [1.82, 2.24) is 9.88 Å². The predicted octanol–water partition coefficient (Wildman–Crippen LogP) is 6.99. The summed E-state index contributed by atoms with van der Waals surface area (Å²) in [4.78, 5) is 7.24. The van der Waals surface area contributed by atoms with Gasteiger partial charge in [-0.05, 0) is 70.8 Å². The van der Waals surface area contributed by atoms with Gasteiger partial charge in [-0.25, -0.2) is 0 Å². The molecule has 1 aliphatic carbocycles. The number of nitrogens with zero attached hydrogens (tertiary/aromatic N) is 2. The zero-order valence-corrected chi connectivity index (χ0v) is 19.5. The summed E-state index contributed by atoms with van der Waals surface area (Å²) in [6, 6.07) is 8.66. The number of rotatable bonds is 14. The molecule has 0 spiro atoms. The van der Waals surface area contributed by atoms with Crippen LogP contribution in [0.25, 0.3) is 10.9 Å². The molecule has 2 aromatic rings. The Morgan fingerprint density at radius 2 is 1.43 bits per heavy atom. The van der Waals surface area contributed by atoms with Gasteiger partial charge >= 0.3 is 0 Å². The van der Waals surface area contributed by atoms with Crippen LogP contribution in [0.15, 0.2) is 24.3 Å². The Morgan fingerprint density at radius 1 is 0.800 bits per heavy atom. The van der Waals surface area contributed by atoms with Crippen molar-refractivity contribution in [2.45, 2.75) is 89.9 Å². The first-order valence-electron chi connectivity index (χ1n) is 12.5. The summed E-state index contributed by atoms with van der Waals surface area (Å²) in [7, 11) is 4.34. The number of para-hydroxylation sites is 1. The lowest BCUT2D eigenvalue weighted by molar-refractivity contribution is 0.389. The molecule has 0 saturated heterocycles. The van der Waals surface area contributed by atoms with Crippen molar-refractivity contribution in [1.29, 1.82) is 0 Å². The van der Waals surface area contributed by atoms with Crippen molar-refractivity contribution in [2.24, 2.45) is 0 Å². The highest BCUT2D eigenvalue weighted by Gasteiger charge is 2.17. The fraction of sp³-hybridized carbons (Fsp3) is 0.667. The molecule has 0 aliphatic heterocycles. The summed E-state index contributed by atoms with van der Waals surface area (Å²) in [5, 5.41) is 5.12. The number of hydrogen-bond acceptors (Lipinski definition) is 3. The lowest BCUT2D eigenvalue weighted by atomic mass is 9.92. The summed E-state index contributed by atoms with van der Waals surface area (Å²) in [5.41, 5.74) is 5.36. The van der Waals surface area contributed by atoms with E-state index in [9.17, 15) is 0 Å². The predicted molar refractivity (Wildman–Crippen MR) is 132 cm³/mol. The molecule has 1 heterocycles. The number of unbranched alkanes of at least 4 members (excludes halogenated alkanes) is 9. The second-order valence-electron chi connectivity index (χ2n) is 9.40. The fourth-order valence-electron chi connectivity index (χ4n) is 4.76. The number of anilines is 1. The van der Waals surface area contributed by atoms with Crippen molar-refractivity contribution in [3.8, 4) is 0 Å². The molecule has 1 N–H and O–H groups in total. The molecule has 3 heteroatoms. The third-order valence-corrected chi connectivity index (χ3v) is 6.50. The molecule has 0 unspecified atom stereocenters. The van der Waals surface area contributed by atoms with Crippen molar-refractivity contribution in [3.05, 3.63) is 35.5 Å². The van der Waals surface area contributed by atoms with Gasteiger partial charge in [-0.15, -0.1) is 0 Å². The summed E-state index contributed by atoms with van der Waals surface area (Å²) >= 11 is 0. The molecular formula is C27H43N3. The van der Waals surface area contributed by atoms with Crippen LogP contribution in [0.3, 0.4) is 0 Å². The van der Waals surface area contributed by atoms with E-state index >= 15 is 0 Å². The van der Waals surface area contributed by atoms with Gasteiger partial charge in [0.15, 0.2) is 0 Å². The third-order valence-electron chi connectivity index (χ3n) is 6.50. The van der Waals surface area contributed by atoms with Gasteiger partial charge in [0, 0.05) is 23.3 Å². The van der Waals surface area contributed by atoms with E-state index in [1.54, 1.807) is 0 Å². The maximum absolute atomic E-state index is 4.95. The zero-order chi connectivity index (χ0) is 21.0. The van der Waals surface area contributed by atoms with Crippen molar-refractivity contribution in [3.63, 3.8) is 0 Å². The second kappa shape index (κ2) is 12.9. The van der Waals surface area contributed by atoms with Gasteiger partial charge in [0.25, 0.3) is 0 Å². The fourth-order valence-corrected chi connectivity index (χ4v) is 4.76. The molecule has 3 rings (SSSR count). The Balaban J connectivity index is 1.31. The zero-order valence-electron chi connectivity index (χ0n) is 19.5. The van der Waals surface area contributed by atoms with E-state index in [1.165, 1.54) is 112 Å². The standard InChI is InChI=1S/C27H43N3/c1-30(2)22-16-10-8-6-4-3-5-7-9-15-21-28-27-23-17-11-13-19-25(23)29-26-20-14-12-18-24(26)27/h11,13,17,19H,3-10,12,14-16,18,20-22H2,1-2H3,(H,28,29). The second-order valence-corrected chi connectivity index (χ2v) is 9.40. The van der Waals surface area contributed by atoms with Gasteiger partial charge in [-0.2, -0.15) is 0 Å². The lowest BCUT2D eigenvalue weighted by Crippen LogP contribution is -2.12. The summed E-state index contributed by atoms with van der Waals surface area (Å²) < 4.78 is 0. The van der Waals surface area contributed by atoms with Crippen molar-refractivity contribution >= 4 is 16.6 Å². The molecule has 3 nitrogen and oxygen atoms in total. The van der Waals surface area contributed by atoms with Gasteiger partial charge < -0.3 is 10.2 Å². The Morgan fingerprint density at radius 3 is 2.17 bits per heavy atom. The molecule has 1 aliphatic rings. The highest BCUT2D eigenvalue weighted by molar-refractivity contribution is 5.93. The number of aromatic nitrogens is 1. The maximum Gasteiger partial charge on any atom is 0.0726 e. The molecular weight excluding hydrogens is 366 g/mol. The molecule has 0 bridgehead atoms. The van der Waals surface area contributed by atoms with Gasteiger partial charge in [0.05, 0.1) is 5.52 Å². The highest BCUT2D eigenvalue weighted by Crippen LogP contribution is 2.33. The number of hydrogen-bond donors (Lipinski definition) is 1. The largest absolute Gasteiger partial charge is 0.384 e. The minimum absolute atomic E-state index is 1.09. The van der Waals surface area contributed by atoms with Crippen LogP contribution in [0.2, 0.25) is 0 Å². The molecule has 166 valence electrons. The van der Waals surface area contributed by atoms with E-state index in [4.69, 9.17) is 4.98 Å². The average molecular weight is 410 g/mol. The topological polar surface area (TPSA) is 28.2 Å². The van der Waals surface area contributed by atoms with E-state index in [-0.39, 0.29) is 0 Å². The van der Waals surface area contributed by atoms with Crippen LogP contribution in [-0.4, -0.2) is 37.1 Å². The molecule has 0 atom stereocenters. The van der Waals surface area contributed by atoms with Crippen LogP contribution >= 0.6 is 0 Å². The van der Waals surface area contributed by atoms with Crippen LogP contribution in [0.1, 0.15) is 88.3 Å². The normalized spacial score (nSPS) is 13.7. The lowest BCUT2D eigenvalue weighted by Gasteiger charge is -2.21. The molecule has 30 heavy (non-hydrogen) atoms. The van der Waals surface area contributed by atoms with E-state index < -0.39 is 0 Å². The first-order chi connectivity index (χ1) is 14.8. The van der Waals surface area contributed by atoms with Gasteiger partial charge in [-0.1, -0.05) is 69.6 Å². The van der Waals surface area contributed by atoms with Crippen LogP contribution in [-0.2, 0) is 12.8 Å². The quantitative estimate of drug-likeness (QED) is 0.341. The van der Waals surface area contributed by atoms with E-state index in [0.29, 0.717) is 0 Å².